The summed E-state index contributed by atoms with van der Waals surface area (Å²) in [6.45, 7) is 29.2. The van der Waals surface area contributed by atoms with Crippen LogP contribution in [-0.2, 0) is 65.4 Å². The molecule has 30 heavy (non-hydrogen) atoms. The molecule has 0 aromatic rings. The molecule has 0 nitrogen and oxygen atoms in total. The van der Waals surface area contributed by atoms with Crippen LogP contribution in [0.25, 0.3) is 0 Å². The van der Waals surface area contributed by atoms with Crippen LogP contribution in [0.5, 0.6) is 0 Å². The van der Waals surface area contributed by atoms with E-state index in [9.17, 15) is 0 Å². The smallest absolute Gasteiger partial charge is 0 e. The molecule has 0 heterocycles. The van der Waals surface area contributed by atoms with Gasteiger partial charge in [-0.3, -0.25) is 0 Å². The van der Waals surface area contributed by atoms with E-state index in [0.717, 1.165) is 31.1 Å². The molecule has 0 aliphatic heterocycles. The number of hydrogen-bond acceptors (Lipinski definition) is 0. The molecule has 0 atom stereocenters. The van der Waals surface area contributed by atoms with E-state index < -0.39 is 0 Å². The van der Waals surface area contributed by atoms with Gasteiger partial charge in [0.25, 0.3) is 0 Å². The van der Waals surface area contributed by atoms with Crippen molar-refractivity contribution in [3.63, 3.8) is 0 Å². The first kappa shape index (κ1) is 39.4. The molecule has 2 fully saturated rings. The van der Waals surface area contributed by atoms with Gasteiger partial charge >= 0.3 is 0 Å². The van der Waals surface area contributed by atoms with Crippen LogP contribution >= 0.6 is 0 Å². The van der Waals surface area contributed by atoms with Gasteiger partial charge in [-0.1, -0.05) is 111 Å². The van der Waals surface area contributed by atoms with Gasteiger partial charge in [-0.05, 0) is 11.8 Å². The summed E-state index contributed by atoms with van der Waals surface area (Å²) in [5.74, 6) is 1.67. The van der Waals surface area contributed by atoms with E-state index in [1.807, 2.05) is 0 Å². The minimum atomic E-state index is 0. The van der Waals surface area contributed by atoms with Crippen molar-refractivity contribution in [1.82, 2.24) is 0 Å². The van der Waals surface area contributed by atoms with E-state index in [4.69, 9.17) is 0 Å². The Balaban J connectivity index is -0.000000160. The minimum Gasteiger partial charge on any atom is -0.343 e. The van der Waals surface area contributed by atoms with Crippen molar-refractivity contribution in [3.05, 3.63) is 27.7 Å². The molecule has 0 bridgehead atoms. The summed E-state index contributed by atoms with van der Waals surface area (Å²) in [7, 11) is 0. The molecule has 0 N–H and O–H groups in total. The van der Waals surface area contributed by atoms with Crippen molar-refractivity contribution in [1.29, 1.82) is 0 Å². The van der Waals surface area contributed by atoms with Crippen LogP contribution in [0.3, 0.4) is 0 Å². The minimum absolute atomic E-state index is 0. The second-order valence-corrected chi connectivity index (χ2v) is 10.7. The van der Waals surface area contributed by atoms with Gasteiger partial charge in [-0.15, -0.1) is 6.42 Å². The van der Waals surface area contributed by atoms with Gasteiger partial charge in [-0.25, -0.2) is 0 Å². The first-order valence-corrected chi connectivity index (χ1v) is 12.3. The molecule has 0 aromatic carbocycles. The molecular weight excluding hydrogens is 514 g/mol. The Kier molecular flexibility index (Phi) is 32.0. The predicted molar refractivity (Wildman–Crippen MR) is 132 cm³/mol. The third-order valence-corrected chi connectivity index (χ3v) is 5.60. The van der Waals surface area contributed by atoms with Crippen LogP contribution in [0, 0.1) is 50.4 Å². The summed E-state index contributed by atoms with van der Waals surface area (Å²) in [6.07, 6.45) is 18.4. The SMILES string of the molecule is CC(C)C.CC(C)C.[CH2-]CC1(C[CH2-])CCCCC1.[CH2-]CCC1([CH2-])CCCCC1.[Y].[Y]. The maximum Gasteiger partial charge on any atom is 0 e. The standard InChI is InChI=1S/2C10H18.2C4H10.2Y/c1-3-7-10(2)8-5-4-6-9-10;1-3-10(4-2)8-6-5-7-9-10;2*1-4(2)3;;/h2*1-9H2;2*4H,1-3H3;;/q2*-2;;;;. The van der Waals surface area contributed by atoms with Crippen LogP contribution in [0.2, 0.25) is 0 Å². The molecule has 0 amide bonds. The summed E-state index contributed by atoms with van der Waals surface area (Å²) < 4.78 is 0. The fourth-order valence-corrected chi connectivity index (χ4v) is 3.85. The third-order valence-electron chi connectivity index (χ3n) is 5.60. The molecule has 2 rings (SSSR count). The molecular formula is C28H56Y2-4. The van der Waals surface area contributed by atoms with Gasteiger partial charge < -0.3 is 27.7 Å². The van der Waals surface area contributed by atoms with Gasteiger partial charge in [0.2, 0.25) is 0 Å². The molecule has 2 aliphatic carbocycles. The average Bonchev–Trinajstić information content (AvgIpc) is 2.62. The van der Waals surface area contributed by atoms with Crippen LogP contribution in [0.15, 0.2) is 0 Å². The monoisotopic (exact) mass is 570 g/mol. The van der Waals surface area contributed by atoms with Gasteiger partial charge in [-0.2, -0.15) is 24.7 Å². The summed E-state index contributed by atoms with van der Waals surface area (Å²) in [5, 5.41) is 0. The van der Waals surface area contributed by atoms with Crippen molar-refractivity contribution in [3.8, 4) is 0 Å². The van der Waals surface area contributed by atoms with Crippen molar-refractivity contribution in [2.24, 2.45) is 22.7 Å². The number of hydrogen-bond donors (Lipinski definition) is 0. The molecule has 2 radical (unpaired) electrons. The molecule has 0 unspecified atom stereocenters. The molecule has 2 aliphatic rings. The Morgan fingerprint density at radius 2 is 0.900 bits per heavy atom. The predicted octanol–water partition coefficient (Wildman–Crippen LogP) is 10.1. The van der Waals surface area contributed by atoms with Gasteiger partial charge in [0.1, 0.15) is 0 Å². The van der Waals surface area contributed by atoms with E-state index in [2.05, 4.69) is 69.2 Å². The fourth-order valence-electron chi connectivity index (χ4n) is 3.85. The quantitative estimate of drug-likeness (QED) is 0.295. The van der Waals surface area contributed by atoms with Crippen molar-refractivity contribution >= 4 is 0 Å². The second kappa shape index (κ2) is 24.3. The van der Waals surface area contributed by atoms with Crippen LogP contribution in [-0.4, -0.2) is 0 Å². The molecule has 0 spiro atoms. The van der Waals surface area contributed by atoms with E-state index in [0.29, 0.717) is 10.8 Å². The Morgan fingerprint density at radius 3 is 1.13 bits per heavy atom. The molecule has 2 saturated carbocycles. The maximum atomic E-state index is 4.28. The Morgan fingerprint density at radius 1 is 0.600 bits per heavy atom. The first-order valence-electron chi connectivity index (χ1n) is 12.3. The first-order chi connectivity index (χ1) is 13.1. The molecule has 0 aromatic heterocycles. The Bertz CT molecular complexity index is 288. The summed E-state index contributed by atoms with van der Waals surface area (Å²) >= 11 is 0. The van der Waals surface area contributed by atoms with Crippen molar-refractivity contribution in [2.45, 2.75) is 131 Å². The normalized spacial score (nSPS) is 18.8. The van der Waals surface area contributed by atoms with Crippen LogP contribution in [0.4, 0.5) is 0 Å². The van der Waals surface area contributed by atoms with Crippen LogP contribution < -0.4 is 0 Å². The zero-order valence-electron chi connectivity index (χ0n) is 22.0. The zero-order chi connectivity index (χ0) is 22.1. The van der Waals surface area contributed by atoms with Gasteiger partial charge in [0.05, 0.1) is 0 Å². The van der Waals surface area contributed by atoms with E-state index in [1.54, 1.807) is 0 Å². The maximum absolute atomic E-state index is 4.28. The summed E-state index contributed by atoms with van der Waals surface area (Å²) in [6, 6.07) is 0. The molecule has 0 saturated heterocycles. The third kappa shape index (κ3) is 24.8. The largest absolute Gasteiger partial charge is 0.343 e. The molecule has 2 heteroatoms. The van der Waals surface area contributed by atoms with E-state index >= 15 is 0 Å². The topological polar surface area (TPSA) is 0 Å². The average molecular weight is 571 g/mol. The molecule has 178 valence electrons. The van der Waals surface area contributed by atoms with Crippen molar-refractivity contribution < 1.29 is 65.4 Å². The van der Waals surface area contributed by atoms with Gasteiger partial charge in [0.15, 0.2) is 0 Å². The van der Waals surface area contributed by atoms with E-state index in [-0.39, 0.29) is 65.4 Å². The zero-order valence-corrected chi connectivity index (χ0v) is 27.7. The summed E-state index contributed by atoms with van der Waals surface area (Å²) in [4.78, 5) is 0. The Labute approximate surface area is 244 Å². The van der Waals surface area contributed by atoms with Crippen LogP contribution in [0.1, 0.15) is 131 Å². The summed E-state index contributed by atoms with van der Waals surface area (Å²) in [5.41, 5.74) is 0.957. The van der Waals surface area contributed by atoms with Crippen molar-refractivity contribution in [2.75, 3.05) is 0 Å². The fraction of sp³-hybridized carbons (Fsp3) is 0.857. The van der Waals surface area contributed by atoms with E-state index in [1.165, 1.54) is 70.6 Å². The number of rotatable bonds is 4. The Hall–Kier alpha value is 2.21. The van der Waals surface area contributed by atoms with Gasteiger partial charge in [0, 0.05) is 65.4 Å². The second-order valence-electron chi connectivity index (χ2n) is 10.7.